The highest BCUT2D eigenvalue weighted by atomic mass is 19.1. The summed E-state index contributed by atoms with van der Waals surface area (Å²) in [5, 5.41) is 8.71. The van der Waals surface area contributed by atoms with E-state index in [1.807, 2.05) is 50.4 Å². The molecule has 0 spiro atoms. The minimum absolute atomic E-state index is 0.320. The van der Waals surface area contributed by atoms with Crippen molar-refractivity contribution in [3.05, 3.63) is 83.9 Å². The van der Waals surface area contributed by atoms with E-state index in [9.17, 15) is 9.18 Å². The van der Waals surface area contributed by atoms with Gasteiger partial charge in [-0.05, 0) is 31.2 Å². The van der Waals surface area contributed by atoms with Gasteiger partial charge in [-0.15, -0.1) is 0 Å². The van der Waals surface area contributed by atoms with Crippen LogP contribution >= 0.6 is 0 Å². The predicted octanol–water partition coefficient (Wildman–Crippen LogP) is 4.88. The van der Waals surface area contributed by atoms with Crippen LogP contribution < -0.4 is 5.32 Å². The van der Waals surface area contributed by atoms with Crippen molar-refractivity contribution in [2.75, 3.05) is 5.32 Å². The predicted molar refractivity (Wildman–Crippen MR) is 118 cm³/mol. The highest BCUT2D eigenvalue weighted by Gasteiger charge is 2.16. The van der Waals surface area contributed by atoms with Crippen LogP contribution in [0, 0.1) is 12.7 Å². The number of rotatable bonds is 3. The van der Waals surface area contributed by atoms with Crippen molar-refractivity contribution in [3.8, 4) is 11.3 Å². The Labute approximate surface area is 177 Å². The van der Waals surface area contributed by atoms with Crippen LogP contribution in [0.5, 0.6) is 0 Å². The molecule has 0 saturated carbocycles. The van der Waals surface area contributed by atoms with E-state index >= 15 is 0 Å². The number of nitrogens with zero attached hydrogens (tertiary/aromatic N) is 4. The van der Waals surface area contributed by atoms with Crippen molar-refractivity contribution in [1.82, 2.24) is 19.7 Å². The molecule has 0 aliphatic rings. The maximum Gasteiger partial charge on any atom is 0.256 e. The molecule has 152 valence electrons. The highest BCUT2D eigenvalue weighted by molar-refractivity contribution is 6.13. The van der Waals surface area contributed by atoms with Gasteiger partial charge in [-0.3, -0.25) is 9.48 Å². The first-order valence-corrected chi connectivity index (χ1v) is 9.76. The first-order chi connectivity index (χ1) is 15.0. The van der Waals surface area contributed by atoms with Gasteiger partial charge >= 0.3 is 0 Å². The first-order valence-electron chi connectivity index (χ1n) is 9.76. The smallest absolute Gasteiger partial charge is 0.256 e. The van der Waals surface area contributed by atoms with E-state index in [1.54, 1.807) is 23.0 Å². The minimum atomic E-state index is -0.404. The summed E-state index contributed by atoms with van der Waals surface area (Å²) in [7, 11) is 1.83. The molecule has 0 aliphatic heterocycles. The molecule has 5 rings (SSSR count). The van der Waals surface area contributed by atoms with Crippen LogP contribution in [0.1, 0.15) is 16.1 Å². The Hall–Kier alpha value is -4.13. The zero-order valence-electron chi connectivity index (χ0n) is 16.9. The third-order valence-electron chi connectivity index (χ3n) is 5.21. The zero-order valence-corrected chi connectivity index (χ0v) is 16.9. The van der Waals surface area contributed by atoms with Crippen LogP contribution in [0.25, 0.3) is 33.2 Å². The summed E-state index contributed by atoms with van der Waals surface area (Å²) in [5.74, 6) is -0.725. The zero-order chi connectivity index (χ0) is 21.5. The van der Waals surface area contributed by atoms with Crippen LogP contribution in [0.15, 0.2) is 66.9 Å². The Kier molecular flexibility index (Phi) is 4.43. The summed E-state index contributed by atoms with van der Waals surface area (Å²) in [4.78, 5) is 22.2. The Bertz CT molecular complexity index is 1460. The fraction of sp³-hybridized carbons (Fsp3) is 0.0833. The summed E-state index contributed by atoms with van der Waals surface area (Å²) >= 11 is 0. The number of carbonyl (C=O) groups excluding carboxylic acids is 1. The second-order valence-corrected chi connectivity index (χ2v) is 7.34. The van der Waals surface area contributed by atoms with Crippen molar-refractivity contribution in [2.45, 2.75) is 6.92 Å². The van der Waals surface area contributed by atoms with Crippen LogP contribution in [0.3, 0.4) is 0 Å². The maximum atomic E-state index is 13.9. The van der Waals surface area contributed by atoms with Crippen molar-refractivity contribution in [3.63, 3.8) is 0 Å². The lowest BCUT2D eigenvalue weighted by Gasteiger charge is -2.11. The second-order valence-electron chi connectivity index (χ2n) is 7.34. The third kappa shape index (κ3) is 3.40. The summed E-state index contributed by atoms with van der Waals surface area (Å²) in [6.07, 6.45) is 1.60. The number of aryl methyl sites for hydroxylation is 2. The van der Waals surface area contributed by atoms with Crippen molar-refractivity contribution >= 4 is 33.5 Å². The third-order valence-corrected chi connectivity index (χ3v) is 5.21. The SMILES string of the molecule is Cc1nn(C)c2ncc(NC(=O)c3cc(-c4ccccc4)nc4cc(F)ccc34)cc12. The van der Waals surface area contributed by atoms with Gasteiger partial charge in [0.2, 0.25) is 0 Å². The number of hydrogen-bond donors (Lipinski definition) is 1. The molecule has 0 radical (unpaired) electrons. The summed E-state index contributed by atoms with van der Waals surface area (Å²) < 4.78 is 15.6. The van der Waals surface area contributed by atoms with Crippen LogP contribution in [0.2, 0.25) is 0 Å². The average molecular weight is 411 g/mol. The Morgan fingerprint density at radius 1 is 1.03 bits per heavy atom. The van der Waals surface area contributed by atoms with Crippen LogP contribution in [0.4, 0.5) is 10.1 Å². The van der Waals surface area contributed by atoms with E-state index in [-0.39, 0.29) is 5.91 Å². The quantitative estimate of drug-likeness (QED) is 0.459. The number of pyridine rings is 2. The minimum Gasteiger partial charge on any atom is -0.321 e. The molecule has 0 unspecified atom stereocenters. The normalized spacial score (nSPS) is 11.2. The van der Waals surface area contributed by atoms with Gasteiger partial charge in [0.15, 0.2) is 5.65 Å². The lowest BCUT2D eigenvalue weighted by Crippen LogP contribution is -2.13. The molecule has 5 aromatic rings. The van der Waals surface area contributed by atoms with Crippen LogP contribution in [-0.2, 0) is 7.05 Å². The van der Waals surface area contributed by atoms with E-state index in [0.29, 0.717) is 27.8 Å². The lowest BCUT2D eigenvalue weighted by atomic mass is 10.0. The monoisotopic (exact) mass is 411 g/mol. The van der Waals surface area contributed by atoms with Gasteiger partial charge in [0, 0.05) is 29.4 Å². The molecule has 0 aliphatic carbocycles. The molecule has 3 heterocycles. The molecule has 1 N–H and O–H groups in total. The van der Waals surface area contributed by atoms with Crippen molar-refractivity contribution < 1.29 is 9.18 Å². The number of aromatic nitrogens is 4. The molecular weight excluding hydrogens is 393 g/mol. The molecule has 7 heteroatoms. The van der Waals surface area contributed by atoms with Gasteiger partial charge in [-0.25, -0.2) is 14.4 Å². The Balaban J connectivity index is 1.60. The number of amides is 1. The van der Waals surface area contributed by atoms with Gasteiger partial charge in [-0.1, -0.05) is 30.3 Å². The van der Waals surface area contributed by atoms with Gasteiger partial charge < -0.3 is 5.32 Å². The molecule has 0 atom stereocenters. The molecule has 31 heavy (non-hydrogen) atoms. The Morgan fingerprint density at radius 2 is 1.84 bits per heavy atom. The van der Waals surface area contributed by atoms with E-state index in [4.69, 9.17) is 0 Å². The fourth-order valence-electron chi connectivity index (χ4n) is 3.72. The number of halogens is 1. The molecule has 3 aromatic heterocycles. The number of benzene rings is 2. The van der Waals surface area contributed by atoms with E-state index in [0.717, 1.165) is 22.3 Å². The van der Waals surface area contributed by atoms with E-state index in [2.05, 4.69) is 20.4 Å². The molecular formula is C24H18FN5O. The Morgan fingerprint density at radius 3 is 2.65 bits per heavy atom. The number of anilines is 1. The van der Waals surface area contributed by atoms with Gasteiger partial charge in [0.1, 0.15) is 5.82 Å². The molecule has 6 nitrogen and oxygen atoms in total. The number of carbonyl (C=O) groups is 1. The second kappa shape index (κ2) is 7.28. The number of nitrogens with one attached hydrogen (secondary N) is 1. The first kappa shape index (κ1) is 18.9. The standard InChI is InChI=1S/C24H18FN5O/c1-14-19-11-17(13-26-23(19)30(2)29-14)27-24(31)20-12-21(15-6-4-3-5-7-15)28-22-10-16(25)8-9-18(20)22/h3-13H,1-2H3,(H,27,31). The molecule has 0 bridgehead atoms. The number of fused-ring (bicyclic) bond motifs is 2. The topological polar surface area (TPSA) is 72.7 Å². The lowest BCUT2D eigenvalue weighted by molar-refractivity contribution is 0.102. The van der Waals surface area contributed by atoms with Gasteiger partial charge in [-0.2, -0.15) is 5.10 Å². The van der Waals surface area contributed by atoms with Crippen molar-refractivity contribution in [1.29, 1.82) is 0 Å². The molecule has 0 saturated heterocycles. The highest BCUT2D eigenvalue weighted by Crippen LogP contribution is 2.27. The summed E-state index contributed by atoms with van der Waals surface area (Å²) in [5.41, 5.74) is 4.40. The van der Waals surface area contributed by atoms with Crippen molar-refractivity contribution in [2.24, 2.45) is 7.05 Å². The van der Waals surface area contributed by atoms with Crippen LogP contribution in [-0.4, -0.2) is 25.7 Å². The maximum absolute atomic E-state index is 13.9. The largest absolute Gasteiger partial charge is 0.321 e. The van der Waals surface area contributed by atoms with E-state index < -0.39 is 5.82 Å². The fourth-order valence-corrected chi connectivity index (χ4v) is 3.72. The summed E-state index contributed by atoms with van der Waals surface area (Å²) in [6.45, 7) is 1.90. The summed E-state index contributed by atoms with van der Waals surface area (Å²) in [6, 6.07) is 17.3. The molecule has 2 aromatic carbocycles. The molecule has 1 amide bonds. The van der Waals surface area contributed by atoms with E-state index in [1.165, 1.54) is 12.1 Å². The average Bonchev–Trinajstić information content (AvgIpc) is 3.06. The van der Waals surface area contributed by atoms with Gasteiger partial charge in [0.05, 0.1) is 34.4 Å². The number of hydrogen-bond acceptors (Lipinski definition) is 4. The molecule has 0 fully saturated rings. The van der Waals surface area contributed by atoms with Gasteiger partial charge in [0.25, 0.3) is 5.91 Å².